The average Bonchev–Trinajstić information content (AvgIpc) is 2.72. The van der Waals surface area contributed by atoms with Crippen LogP contribution in [0.3, 0.4) is 0 Å². The first kappa shape index (κ1) is 16.8. The van der Waals surface area contributed by atoms with Crippen molar-refractivity contribution in [2.45, 2.75) is 5.92 Å². The molecule has 0 saturated heterocycles. The van der Waals surface area contributed by atoms with Crippen LogP contribution < -0.4 is 19.9 Å². The Bertz CT molecular complexity index is 1110. The van der Waals surface area contributed by atoms with Crippen molar-refractivity contribution in [1.29, 1.82) is 5.26 Å². The van der Waals surface area contributed by atoms with Gasteiger partial charge in [0.2, 0.25) is 5.88 Å². The number of hydrogen-bond donors (Lipinski definition) is 1. The third-order valence-electron chi connectivity index (χ3n) is 4.85. The van der Waals surface area contributed by atoms with Crippen molar-refractivity contribution in [3.63, 3.8) is 0 Å². The lowest BCUT2D eigenvalue weighted by molar-refractivity contribution is 0.349. The van der Waals surface area contributed by atoms with Gasteiger partial charge < -0.3 is 19.9 Å². The van der Waals surface area contributed by atoms with Crippen LogP contribution in [-0.2, 0) is 0 Å². The topological polar surface area (TPSA) is 77.5 Å². The molecule has 1 heterocycles. The minimum atomic E-state index is -0.409. The number of rotatable bonds is 3. The van der Waals surface area contributed by atoms with E-state index in [0.717, 1.165) is 21.9 Å². The number of para-hydroxylation sites is 1. The fourth-order valence-electron chi connectivity index (χ4n) is 3.65. The minimum Gasteiger partial charge on any atom is -0.493 e. The fraction of sp³-hybridized carbons (Fsp3) is 0.136. The largest absolute Gasteiger partial charge is 0.493 e. The average molecular weight is 358 g/mol. The monoisotopic (exact) mass is 358 g/mol. The first-order valence-corrected chi connectivity index (χ1v) is 8.49. The molecule has 0 saturated carbocycles. The number of nitrogens with zero attached hydrogens (tertiary/aromatic N) is 1. The van der Waals surface area contributed by atoms with Gasteiger partial charge in [-0.05, 0) is 11.5 Å². The smallest absolute Gasteiger partial charge is 0.205 e. The maximum atomic E-state index is 9.78. The molecule has 1 atom stereocenters. The van der Waals surface area contributed by atoms with Gasteiger partial charge in [0, 0.05) is 16.5 Å². The zero-order chi connectivity index (χ0) is 19.0. The van der Waals surface area contributed by atoms with E-state index < -0.39 is 5.92 Å². The highest BCUT2D eigenvalue weighted by Crippen LogP contribution is 2.49. The van der Waals surface area contributed by atoms with Gasteiger partial charge in [-0.3, -0.25) is 0 Å². The summed E-state index contributed by atoms with van der Waals surface area (Å²) in [6, 6.07) is 19.7. The van der Waals surface area contributed by atoms with Crippen LogP contribution >= 0.6 is 0 Å². The van der Waals surface area contributed by atoms with Crippen molar-refractivity contribution >= 4 is 10.8 Å². The van der Waals surface area contributed by atoms with E-state index >= 15 is 0 Å². The van der Waals surface area contributed by atoms with Crippen LogP contribution in [-0.4, -0.2) is 14.2 Å². The standard InChI is InChI=1S/C22H18N2O3/c1-25-18-9-5-8-15(21(18)26-2)19-16-11-10-13-6-3-4-7-14(13)20(16)27-22(24)17(19)12-23/h3-11,19H,24H2,1-2H3. The summed E-state index contributed by atoms with van der Waals surface area (Å²) in [6.45, 7) is 0. The fourth-order valence-corrected chi connectivity index (χ4v) is 3.65. The molecule has 1 aliphatic heterocycles. The van der Waals surface area contributed by atoms with Crippen molar-refractivity contribution in [3.05, 3.63) is 77.2 Å². The Morgan fingerprint density at radius 2 is 1.78 bits per heavy atom. The van der Waals surface area contributed by atoms with Crippen LogP contribution in [0.2, 0.25) is 0 Å². The number of nitrogens with two attached hydrogens (primary N) is 1. The Morgan fingerprint density at radius 3 is 2.52 bits per heavy atom. The molecule has 5 nitrogen and oxygen atoms in total. The first-order valence-electron chi connectivity index (χ1n) is 8.49. The summed E-state index contributed by atoms with van der Waals surface area (Å²) in [7, 11) is 3.17. The van der Waals surface area contributed by atoms with E-state index in [4.69, 9.17) is 19.9 Å². The number of fused-ring (bicyclic) bond motifs is 3. The molecule has 0 fully saturated rings. The van der Waals surface area contributed by atoms with Crippen LogP contribution in [0.15, 0.2) is 66.1 Å². The van der Waals surface area contributed by atoms with Gasteiger partial charge in [-0.25, -0.2) is 0 Å². The third-order valence-corrected chi connectivity index (χ3v) is 4.85. The van der Waals surface area contributed by atoms with Crippen molar-refractivity contribution in [2.75, 3.05) is 14.2 Å². The van der Waals surface area contributed by atoms with Gasteiger partial charge in [-0.15, -0.1) is 0 Å². The van der Waals surface area contributed by atoms with Gasteiger partial charge in [-0.2, -0.15) is 5.26 Å². The quantitative estimate of drug-likeness (QED) is 0.763. The van der Waals surface area contributed by atoms with Crippen LogP contribution in [0.4, 0.5) is 0 Å². The van der Waals surface area contributed by atoms with Gasteiger partial charge in [-0.1, -0.05) is 48.5 Å². The first-order chi connectivity index (χ1) is 13.2. The van der Waals surface area contributed by atoms with Gasteiger partial charge in [0.1, 0.15) is 17.4 Å². The van der Waals surface area contributed by atoms with E-state index in [-0.39, 0.29) is 5.88 Å². The molecule has 3 aromatic carbocycles. The Morgan fingerprint density at radius 1 is 0.963 bits per heavy atom. The SMILES string of the molecule is COc1cccc(C2C(C#N)=C(N)Oc3c2ccc2ccccc32)c1OC. The predicted molar refractivity (Wildman–Crippen MR) is 103 cm³/mol. The van der Waals surface area contributed by atoms with E-state index in [1.165, 1.54) is 0 Å². The van der Waals surface area contributed by atoms with Crippen LogP contribution in [0.5, 0.6) is 17.2 Å². The Kier molecular flexibility index (Phi) is 4.09. The second-order valence-electron chi connectivity index (χ2n) is 6.21. The van der Waals surface area contributed by atoms with E-state index in [1.807, 2.05) is 54.6 Å². The van der Waals surface area contributed by atoms with Crippen molar-refractivity contribution < 1.29 is 14.2 Å². The molecule has 1 aliphatic rings. The van der Waals surface area contributed by atoms with Gasteiger partial charge >= 0.3 is 0 Å². The van der Waals surface area contributed by atoms with Gasteiger partial charge in [0.25, 0.3) is 0 Å². The minimum absolute atomic E-state index is 0.108. The Hall–Kier alpha value is -3.65. The zero-order valence-electron chi connectivity index (χ0n) is 15.0. The number of methoxy groups -OCH3 is 2. The Labute approximate surface area is 157 Å². The second-order valence-corrected chi connectivity index (χ2v) is 6.21. The number of ether oxygens (including phenoxy) is 3. The molecular weight excluding hydrogens is 340 g/mol. The summed E-state index contributed by atoms with van der Waals surface area (Å²) < 4.78 is 16.9. The maximum absolute atomic E-state index is 9.78. The van der Waals surface area contributed by atoms with E-state index in [2.05, 4.69) is 6.07 Å². The molecule has 2 N–H and O–H groups in total. The zero-order valence-corrected chi connectivity index (χ0v) is 15.0. The number of allylic oxidation sites excluding steroid dienone is 1. The molecule has 27 heavy (non-hydrogen) atoms. The molecule has 0 aliphatic carbocycles. The Balaban J connectivity index is 2.04. The molecule has 0 radical (unpaired) electrons. The molecule has 3 aromatic rings. The van der Waals surface area contributed by atoms with E-state index in [9.17, 15) is 5.26 Å². The van der Waals surface area contributed by atoms with E-state index in [1.54, 1.807) is 14.2 Å². The second kappa shape index (κ2) is 6.58. The normalized spacial score (nSPS) is 15.7. The molecular formula is C22H18N2O3. The molecule has 1 unspecified atom stereocenters. The summed E-state index contributed by atoms with van der Waals surface area (Å²) in [6.07, 6.45) is 0. The number of nitriles is 1. The number of hydrogen-bond acceptors (Lipinski definition) is 5. The van der Waals surface area contributed by atoms with Crippen molar-refractivity contribution in [2.24, 2.45) is 5.73 Å². The van der Waals surface area contributed by atoms with Gasteiger partial charge in [0.05, 0.1) is 20.1 Å². The summed E-state index contributed by atoms with van der Waals surface area (Å²) in [5.74, 6) is 1.54. The molecule has 0 aromatic heterocycles. The van der Waals surface area contributed by atoms with Crippen molar-refractivity contribution in [3.8, 4) is 23.3 Å². The summed E-state index contributed by atoms with van der Waals surface area (Å²) >= 11 is 0. The summed E-state index contributed by atoms with van der Waals surface area (Å²) in [4.78, 5) is 0. The molecule has 4 rings (SSSR count). The molecule has 0 spiro atoms. The van der Waals surface area contributed by atoms with Crippen LogP contribution in [0.1, 0.15) is 17.0 Å². The highest BCUT2D eigenvalue weighted by Gasteiger charge is 2.34. The third kappa shape index (κ3) is 2.54. The van der Waals surface area contributed by atoms with Crippen LogP contribution in [0, 0.1) is 11.3 Å². The van der Waals surface area contributed by atoms with Gasteiger partial charge in [0.15, 0.2) is 11.5 Å². The van der Waals surface area contributed by atoms with Crippen molar-refractivity contribution in [1.82, 2.24) is 0 Å². The molecule has 134 valence electrons. The highest BCUT2D eigenvalue weighted by atomic mass is 16.5. The summed E-state index contributed by atoms with van der Waals surface area (Å²) in [5.41, 5.74) is 8.17. The summed E-state index contributed by atoms with van der Waals surface area (Å²) in [5, 5.41) is 11.8. The van der Waals surface area contributed by atoms with Crippen LogP contribution in [0.25, 0.3) is 10.8 Å². The molecule has 5 heteroatoms. The maximum Gasteiger partial charge on any atom is 0.205 e. The lowest BCUT2D eigenvalue weighted by Gasteiger charge is -2.28. The highest BCUT2D eigenvalue weighted by molar-refractivity contribution is 5.91. The molecule has 0 bridgehead atoms. The lowest BCUT2D eigenvalue weighted by atomic mass is 9.82. The lowest BCUT2D eigenvalue weighted by Crippen LogP contribution is -2.21. The predicted octanol–water partition coefficient (Wildman–Crippen LogP) is 4.08. The molecule has 0 amide bonds. The number of benzene rings is 3. The van der Waals surface area contributed by atoms with E-state index in [0.29, 0.717) is 22.8 Å².